The minimum Gasteiger partial charge on any atom is -0.493 e. The number of methoxy groups -OCH3 is 2. The van der Waals surface area contributed by atoms with E-state index >= 15 is 0 Å². The van der Waals surface area contributed by atoms with Gasteiger partial charge < -0.3 is 18.8 Å². The molecule has 0 aliphatic heterocycles. The Labute approximate surface area is 225 Å². The second-order valence-electron chi connectivity index (χ2n) is 9.77. The molecule has 1 aromatic heterocycles. The highest BCUT2D eigenvalue weighted by Gasteiger charge is 2.34. The first-order valence-corrected chi connectivity index (χ1v) is 13.8. The monoisotopic (exact) mass is 540 g/mol. The number of sulfonamides is 1. The summed E-state index contributed by atoms with van der Waals surface area (Å²) < 4.78 is 44.1. The molecule has 0 aliphatic carbocycles. The molecule has 0 atom stereocenters. The quantitative estimate of drug-likeness (QED) is 0.322. The van der Waals surface area contributed by atoms with Crippen LogP contribution in [-0.2, 0) is 27.8 Å². The normalized spacial score (nSPS) is 12.2. The van der Waals surface area contributed by atoms with E-state index in [-0.39, 0.29) is 19.0 Å². The molecule has 0 saturated heterocycles. The van der Waals surface area contributed by atoms with Crippen molar-refractivity contribution in [1.82, 2.24) is 9.21 Å². The zero-order chi connectivity index (χ0) is 27.8. The number of nitrogens with zero attached hydrogens (tertiary/aromatic N) is 2. The van der Waals surface area contributed by atoms with E-state index in [2.05, 4.69) is 0 Å². The number of ether oxygens (including phenoxy) is 2. The van der Waals surface area contributed by atoms with Crippen molar-refractivity contribution in [2.24, 2.45) is 0 Å². The van der Waals surface area contributed by atoms with Gasteiger partial charge in [-0.15, -0.1) is 0 Å². The van der Waals surface area contributed by atoms with Gasteiger partial charge in [0.05, 0.1) is 33.6 Å². The van der Waals surface area contributed by atoms with E-state index in [0.717, 1.165) is 16.5 Å². The second kappa shape index (κ2) is 12.8. The lowest BCUT2D eigenvalue weighted by Gasteiger charge is -2.34. The Morgan fingerprint density at radius 2 is 1.68 bits per heavy atom. The van der Waals surface area contributed by atoms with Gasteiger partial charge in [0.25, 0.3) is 0 Å². The molecule has 0 spiro atoms. The maximum absolute atomic E-state index is 13.6. The Balaban J connectivity index is 1.82. The lowest BCUT2D eigenvalue weighted by molar-refractivity contribution is -0.133. The Bertz CT molecular complexity index is 1310. The van der Waals surface area contributed by atoms with E-state index < -0.39 is 15.6 Å². The zero-order valence-electron chi connectivity index (χ0n) is 22.6. The van der Waals surface area contributed by atoms with E-state index in [1.54, 1.807) is 58.3 Å². The minimum absolute atomic E-state index is 0.219. The van der Waals surface area contributed by atoms with Crippen LogP contribution in [0.4, 0.5) is 0 Å². The molecule has 8 nitrogen and oxygen atoms in total. The summed E-state index contributed by atoms with van der Waals surface area (Å²) in [5.74, 6) is 1.51. The van der Waals surface area contributed by atoms with Gasteiger partial charge in [-0.3, -0.25) is 4.79 Å². The molecule has 38 heavy (non-hydrogen) atoms. The molecule has 0 bridgehead atoms. The summed E-state index contributed by atoms with van der Waals surface area (Å²) in [6.07, 6.45) is 3.62. The van der Waals surface area contributed by atoms with E-state index in [1.165, 1.54) is 10.4 Å². The van der Waals surface area contributed by atoms with Crippen LogP contribution in [0, 0.1) is 0 Å². The van der Waals surface area contributed by atoms with E-state index in [4.69, 9.17) is 13.9 Å². The summed E-state index contributed by atoms with van der Waals surface area (Å²) in [6, 6.07) is 18.3. The third-order valence-corrected chi connectivity index (χ3v) is 7.74. The average molecular weight is 541 g/mol. The fourth-order valence-electron chi connectivity index (χ4n) is 3.92. The van der Waals surface area contributed by atoms with Crippen molar-refractivity contribution in [3.05, 3.63) is 89.2 Å². The van der Waals surface area contributed by atoms with Crippen molar-refractivity contribution in [2.45, 2.75) is 39.3 Å². The molecule has 0 N–H and O–H groups in total. The highest BCUT2D eigenvalue weighted by atomic mass is 32.2. The molecule has 1 amide bonds. The third-order valence-electron chi connectivity index (χ3n) is 5.96. The lowest BCUT2D eigenvalue weighted by atomic mass is 10.1. The number of hydrogen-bond donors (Lipinski definition) is 0. The topological polar surface area (TPSA) is 89.3 Å². The highest BCUT2D eigenvalue weighted by molar-refractivity contribution is 7.92. The standard InChI is InChI=1S/C29H36N2O6S/c1-29(2,3)31(38(33,34)19-16-23-10-7-6-8-11-23)22-28(32)30(21-25-12-9-18-37-25)17-15-24-13-14-26(35-4)27(20-24)36-5/h6-14,16,18-20H,15,17,21-22H2,1-5H3/b19-16+. The van der Waals surface area contributed by atoms with Crippen LogP contribution in [0.2, 0.25) is 0 Å². The van der Waals surface area contributed by atoms with E-state index in [1.807, 2.05) is 48.5 Å². The van der Waals surface area contributed by atoms with Gasteiger partial charge >= 0.3 is 0 Å². The van der Waals surface area contributed by atoms with Crippen LogP contribution in [0.25, 0.3) is 6.08 Å². The average Bonchev–Trinajstić information content (AvgIpc) is 3.41. The van der Waals surface area contributed by atoms with Gasteiger partial charge in [0.15, 0.2) is 11.5 Å². The third kappa shape index (κ3) is 7.97. The number of rotatable bonds is 12. The van der Waals surface area contributed by atoms with Crippen LogP contribution >= 0.6 is 0 Å². The summed E-state index contributed by atoms with van der Waals surface area (Å²) in [5, 5.41) is 1.15. The number of amides is 1. The maximum atomic E-state index is 13.6. The second-order valence-corrected chi connectivity index (χ2v) is 11.5. The van der Waals surface area contributed by atoms with E-state index in [9.17, 15) is 13.2 Å². The van der Waals surface area contributed by atoms with Crippen LogP contribution in [0.15, 0.2) is 76.8 Å². The van der Waals surface area contributed by atoms with Crippen molar-refractivity contribution < 1.29 is 27.1 Å². The summed E-state index contributed by atoms with van der Waals surface area (Å²) in [5.41, 5.74) is 0.881. The first kappa shape index (κ1) is 29.0. The number of furan rings is 1. The molecule has 0 unspecified atom stereocenters. The van der Waals surface area contributed by atoms with Gasteiger partial charge in [-0.05, 0) is 68.7 Å². The van der Waals surface area contributed by atoms with Gasteiger partial charge in [-0.25, -0.2) is 8.42 Å². The largest absolute Gasteiger partial charge is 0.493 e. The van der Waals surface area contributed by atoms with E-state index in [0.29, 0.717) is 30.2 Å². The molecule has 9 heteroatoms. The van der Waals surface area contributed by atoms with Gasteiger partial charge in [0.2, 0.25) is 15.9 Å². The Kier molecular flexibility index (Phi) is 9.77. The van der Waals surface area contributed by atoms with Crippen LogP contribution in [0.1, 0.15) is 37.7 Å². The van der Waals surface area contributed by atoms with Gasteiger partial charge in [0, 0.05) is 17.5 Å². The molecule has 2 aromatic carbocycles. The van der Waals surface area contributed by atoms with Crippen molar-refractivity contribution in [2.75, 3.05) is 27.3 Å². The Hall–Kier alpha value is -3.56. The first-order valence-electron chi connectivity index (χ1n) is 12.3. The number of carbonyl (C=O) groups is 1. The van der Waals surface area contributed by atoms with Crippen molar-refractivity contribution in [3.8, 4) is 11.5 Å². The molecule has 1 heterocycles. The van der Waals surface area contributed by atoms with Crippen LogP contribution in [0.3, 0.4) is 0 Å². The molecular formula is C29H36N2O6S. The minimum atomic E-state index is -3.90. The summed E-state index contributed by atoms with van der Waals surface area (Å²) >= 11 is 0. The molecule has 3 rings (SSSR count). The van der Waals surface area contributed by atoms with Crippen molar-refractivity contribution in [3.63, 3.8) is 0 Å². The number of carbonyl (C=O) groups excluding carboxylic acids is 1. The van der Waals surface area contributed by atoms with Gasteiger partial charge in [-0.2, -0.15) is 4.31 Å². The molecule has 0 radical (unpaired) electrons. The molecular weight excluding hydrogens is 504 g/mol. The maximum Gasteiger partial charge on any atom is 0.238 e. The predicted molar refractivity (Wildman–Crippen MR) is 148 cm³/mol. The van der Waals surface area contributed by atoms with Gasteiger partial charge in [-0.1, -0.05) is 36.4 Å². The number of hydrogen-bond acceptors (Lipinski definition) is 6. The van der Waals surface area contributed by atoms with Crippen LogP contribution in [-0.4, -0.2) is 56.4 Å². The van der Waals surface area contributed by atoms with Crippen molar-refractivity contribution >= 4 is 22.0 Å². The summed E-state index contributed by atoms with van der Waals surface area (Å²) in [4.78, 5) is 15.2. The number of benzene rings is 2. The molecule has 0 saturated carbocycles. The smallest absolute Gasteiger partial charge is 0.238 e. The Morgan fingerprint density at radius 1 is 0.974 bits per heavy atom. The molecule has 3 aromatic rings. The zero-order valence-corrected chi connectivity index (χ0v) is 23.4. The van der Waals surface area contributed by atoms with Crippen LogP contribution < -0.4 is 9.47 Å². The van der Waals surface area contributed by atoms with Crippen molar-refractivity contribution in [1.29, 1.82) is 0 Å². The fourth-order valence-corrected chi connectivity index (χ4v) is 5.45. The fraction of sp³-hybridized carbons (Fsp3) is 0.345. The summed E-state index contributed by atoms with van der Waals surface area (Å²) in [7, 11) is -0.755. The molecule has 204 valence electrons. The van der Waals surface area contributed by atoms with Crippen LogP contribution in [0.5, 0.6) is 11.5 Å². The van der Waals surface area contributed by atoms with Gasteiger partial charge in [0.1, 0.15) is 5.76 Å². The molecule has 0 fully saturated rings. The molecule has 0 aliphatic rings. The highest BCUT2D eigenvalue weighted by Crippen LogP contribution is 2.28. The Morgan fingerprint density at radius 3 is 2.29 bits per heavy atom. The summed E-state index contributed by atoms with van der Waals surface area (Å²) in [6.45, 7) is 5.58. The predicted octanol–water partition coefficient (Wildman–Crippen LogP) is 4.97. The lowest BCUT2D eigenvalue weighted by Crippen LogP contribution is -2.50. The first-order chi connectivity index (χ1) is 18.0. The SMILES string of the molecule is COc1ccc(CCN(Cc2ccco2)C(=O)CN(C(C)(C)C)S(=O)(=O)/C=C/c2ccccc2)cc1OC.